The van der Waals surface area contributed by atoms with Gasteiger partial charge in [-0.3, -0.25) is 4.79 Å². The van der Waals surface area contributed by atoms with Gasteiger partial charge in [0.2, 0.25) is 0 Å². The summed E-state index contributed by atoms with van der Waals surface area (Å²) in [5, 5.41) is 12.2. The molecule has 1 aromatic carbocycles. The second-order valence-corrected chi connectivity index (χ2v) is 9.87. The van der Waals surface area contributed by atoms with E-state index >= 15 is 0 Å². The van der Waals surface area contributed by atoms with Crippen molar-refractivity contribution in [3.8, 4) is 17.1 Å². The molecule has 0 aliphatic carbocycles. The van der Waals surface area contributed by atoms with Crippen LogP contribution in [0, 0.1) is 0 Å². The van der Waals surface area contributed by atoms with Crippen LogP contribution >= 0.6 is 11.8 Å². The van der Waals surface area contributed by atoms with Gasteiger partial charge in [-0.15, -0.1) is 0 Å². The molecule has 1 N–H and O–H groups in total. The molecule has 0 radical (unpaired) electrons. The van der Waals surface area contributed by atoms with E-state index in [0.717, 1.165) is 27.7 Å². The average Bonchev–Trinajstić information content (AvgIpc) is 3.24. The van der Waals surface area contributed by atoms with Crippen molar-refractivity contribution in [1.29, 1.82) is 0 Å². The summed E-state index contributed by atoms with van der Waals surface area (Å²) in [6.07, 6.45) is 2.23. The zero-order valence-corrected chi connectivity index (χ0v) is 21.4. The fraction of sp³-hybridized carbons (Fsp3) is 0.370. The third-order valence-corrected chi connectivity index (χ3v) is 7.58. The Kier molecular flexibility index (Phi) is 6.30. The van der Waals surface area contributed by atoms with Crippen molar-refractivity contribution in [3.05, 3.63) is 69.2 Å². The minimum atomic E-state index is -1.42. The highest BCUT2D eigenvalue weighted by molar-refractivity contribution is 7.98. The number of rotatable bonds is 6. The molecule has 1 atom stereocenters. The third kappa shape index (κ3) is 3.77. The van der Waals surface area contributed by atoms with Crippen LogP contribution < -0.4 is 10.3 Å². The lowest BCUT2D eigenvalue weighted by atomic mass is 9.84. The topological polar surface area (TPSA) is 99.9 Å². The number of hydrogen-bond donors (Lipinski definition) is 1. The summed E-state index contributed by atoms with van der Waals surface area (Å²) in [5.41, 5.74) is 3.47. The van der Waals surface area contributed by atoms with Gasteiger partial charge >= 0.3 is 6.16 Å². The number of hydrogen-bond acceptors (Lipinski definition) is 8. The number of benzene rings is 1. The van der Waals surface area contributed by atoms with Gasteiger partial charge in [-0.25, -0.2) is 9.78 Å². The number of fused-ring (bicyclic) bond motifs is 5. The molecule has 0 fully saturated rings. The van der Waals surface area contributed by atoms with E-state index in [1.807, 2.05) is 26.2 Å². The van der Waals surface area contributed by atoms with Crippen molar-refractivity contribution in [2.75, 3.05) is 18.6 Å². The Balaban J connectivity index is 1.60. The third-order valence-electron chi connectivity index (χ3n) is 7.01. The van der Waals surface area contributed by atoms with E-state index in [0.29, 0.717) is 47.7 Å². The summed E-state index contributed by atoms with van der Waals surface area (Å²) in [6.45, 7) is 8.49. The minimum absolute atomic E-state index is 0.0791. The molecule has 188 valence electrons. The summed E-state index contributed by atoms with van der Waals surface area (Å²) in [4.78, 5) is 30.4. The fourth-order valence-corrected chi connectivity index (χ4v) is 5.31. The van der Waals surface area contributed by atoms with Crippen molar-refractivity contribution in [3.63, 3.8) is 0 Å². The van der Waals surface area contributed by atoms with E-state index in [1.54, 1.807) is 34.5 Å². The number of nitrogens with zero attached hydrogens (tertiary/aromatic N) is 2. The van der Waals surface area contributed by atoms with Crippen molar-refractivity contribution in [2.24, 2.45) is 0 Å². The largest absolute Gasteiger partial charge is 0.513 e. The number of carbonyl (C=O) groups excluding carboxylic acids is 1. The Labute approximate surface area is 212 Å². The van der Waals surface area contributed by atoms with Gasteiger partial charge in [0.15, 0.2) is 0 Å². The fourth-order valence-electron chi connectivity index (χ4n) is 5.06. The van der Waals surface area contributed by atoms with Crippen LogP contribution in [0.1, 0.15) is 42.5 Å². The van der Waals surface area contributed by atoms with E-state index in [4.69, 9.17) is 19.2 Å². The van der Waals surface area contributed by atoms with Crippen molar-refractivity contribution >= 4 is 28.8 Å². The summed E-state index contributed by atoms with van der Waals surface area (Å²) in [6, 6.07) is 7.14. The molecule has 0 saturated carbocycles. The van der Waals surface area contributed by atoms with Crippen LogP contribution in [0.2, 0.25) is 0 Å². The highest BCUT2D eigenvalue weighted by atomic mass is 32.2. The van der Waals surface area contributed by atoms with Crippen LogP contribution in [0.4, 0.5) is 4.79 Å². The Hall–Kier alpha value is -3.30. The predicted octanol–water partition coefficient (Wildman–Crippen LogP) is 4.51. The monoisotopic (exact) mass is 508 g/mol. The van der Waals surface area contributed by atoms with E-state index in [1.165, 1.54) is 0 Å². The van der Waals surface area contributed by atoms with E-state index in [9.17, 15) is 14.7 Å². The number of aryl methyl sites for hydroxylation is 1. The van der Waals surface area contributed by atoms with Crippen molar-refractivity contribution < 1.29 is 24.1 Å². The molecule has 9 heteroatoms. The summed E-state index contributed by atoms with van der Waals surface area (Å²) in [5.74, 6) is 1.32. The summed E-state index contributed by atoms with van der Waals surface area (Å²) < 4.78 is 17.8. The molecule has 0 spiro atoms. The zero-order valence-electron chi connectivity index (χ0n) is 20.6. The molecule has 2 aromatic heterocycles. The molecular formula is C27H28N2O6S. The molecule has 2 aliphatic heterocycles. The molecule has 0 bridgehead atoms. The molecule has 8 nitrogen and oxygen atoms in total. The van der Waals surface area contributed by atoms with Gasteiger partial charge in [0.05, 0.1) is 29.0 Å². The second kappa shape index (κ2) is 9.29. The molecule has 2 aliphatic rings. The molecule has 0 unspecified atom stereocenters. The Morgan fingerprint density at radius 3 is 2.83 bits per heavy atom. The van der Waals surface area contributed by atoms with E-state index in [-0.39, 0.29) is 24.5 Å². The lowest BCUT2D eigenvalue weighted by molar-refractivity contribution is -0.0172. The maximum absolute atomic E-state index is 13.5. The van der Waals surface area contributed by atoms with Crippen LogP contribution in [0.3, 0.4) is 0 Å². The van der Waals surface area contributed by atoms with E-state index in [2.05, 4.69) is 6.58 Å². The quantitative estimate of drug-likeness (QED) is 0.231. The lowest BCUT2D eigenvalue weighted by Crippen LogP contribution is -2.38. The highest BCUT2D eigenvalue weighted by Crippen LogP contribution is 2.43. The molecule has 0 amide bonds. The standard InChI is InChI=1S/C27H28N2O6S/c1-5-17-18-11-16(35-26(31)33-9-10-36-4)7-8-22(18)28-24-19(17)13-29-23(24)12-21-20(25(29)30)14-34-15(3)27(21,32)6-2/h7-8,11-12,32H,3,5-6,9-10,13-14H2,1-2,4H3/t27-/m1/s1. The van der Waals surface area contributed by atoms with Gasteiger partial charge in [-0.1, -0.05) is 20.4 Å². The van der Waals surface area contributed by atoms with Crippen LogP contribution in [-0.4, -0.2) is 39.4 Å². The van der Waals surface area contributed by atoms with Crippen molar-refractivity contribution in [2.45, 2.75) is 45.4 Å². The number of thioether (sulfide) groups is 1. The maximum atomic E-state index is 13.5. The number of ether oxygens (including phenoxy) is 3. The maximum Gasteiger partial charge on any atom is 0.513 e. The molecule has 36 heavy (non-hydrogen) atoms. The smallest absolute Gasteiger partial charge is 0.490 e. The van der Waals surface area contributed by atoms with Crippen molar-refractivity contribution in [1.82, 2.24) is 9.55 Å². The van der Waals surface area contributed by atoms with Gasteiger partial charge in [-0.2, -0.15) is 11.8 Å². The first kappa shape index (κ1) is 24.4. The van der Waals surface area contributed by atoms with Gasteiger partial charge in [-0.05, 0) is 48.9 Å². The normalized spacial score (nSPS) is 17.8. The molecule has 0 saturated heterocycles. The second-order valence-electron chi connectivity index (χ2n) is 8.88. The van der Waals surface area contributed by atoms with Crippen LogP contribution in [-0.2, 0) is 34.6 Å². The van der Waals surface area contributed by atoms with Gasteiger partial charge in [0, 0.05) is 22.3 Å². The van der Waals surface area contributed by atoms with Crippen LogP contribution in [0.5, 0.6) is 5.75 Å². The minimum Gasteiger partial charge on any atom is -0.490 e. The molecule has 4 heterocycles. The van der Waals surface area contributed by atoms with E-state index < -0.39 is 11.8 Å². The first-order valence-electron chi connectivity index (χ1n) is 11.9. The number of aromatic nitrogens is 2. The van der Waals surface area contributed by atoms with Gasteiger partial charge in [0.1, 0.15) is 30.3 Å². The summed E-state index contributed by atoms with van der Waals surface area (Å²) in [7, 11) is 0. The van der Waals surface area contributed by atoms with Gasteiger partial charge < -0.3 is 23.9 Å². The van der Waals surface area contributed by atoms with Crippen LogP contribution in [0.25, 0.3) is 22.3 Å². The highest BCUT2D eigenvalue weighted by Gasteiger charge is 2.41. The number of carbonyl (C=O) groups is 1. The lowest BCUT2D eigenvalue weighted by Gasteiger charge is -2.35. The summed E-state index contributed by atoms with van der Waals surface area (Å²) >= 11 is 1.58. The zero-order chi connectivity index (χ0) is 25.6. The first-order chi connectivity index (χ1) is 17.3. The Morgan fingerprint density at radius 2 is 2.11 bits per heavy atom. The molecular weight excluding hydrogens is 480 g/mol. The predicted molar refractivity (Wildman–Crippen MR) is 138 cm³/mol. The Bertz CT molecular complexity index is 1460. The Morgan fingerprint density at radius 1 is 1.31 bits per heavy atom. The van der Waals surface area contributed by atoms with Gasteiger partial charge in [0.25, 0.3) is 5.56 Å². The molecule has 5 rings (SSSR count). The first-order valence-corrected chi connectivity index (χ1v) is 13.3. The number of aliphatic hydroxyl groups is 1. The van der Waals surface area contributed by atoms with Crippen LogP contribution in [0.15, 0.2) is 41.4 Å². The average molecular weight is 509 g/mol. The SMILES string of the molecule is C=C1OCc2c(cc3n(c2=O)Cc2c-3nc3ccc(OC(=O)OCCSC)cc3c2CC)[C@@]1(O)CC. The number of pyridine rings is 2. The molecule has 3 aromatic rings.